The van der Waals surface area contributed by atoms with E-state index in [1.807, 2.05) is 43.3 Å². The molecule has 1 atom stereocenters. The fraction of sp³-hybridized carbons (Fsp3) is 0.435. The third-order valence-electron chi connectivity index (χ3n) is 5.31. The predicted molar refractivity (Wildman–Crippen MR) is 113 cm³/mol. The summed E-state index contributed by atoms with van der Waals surface area (Å²) in [6.07, 6.45) is 0. The molecule has 3 rings (SSSR count). The number of carbonyl (C=O) groups excluding carboxylic acids is 1. The highest BCUT2D eigenvalue weighted by Crippen LogP contribution is 2.25. The molecule has 1 amide bonds. The smallest absolute Gasteiger partial charge is 0.258 e. The standard InChI is InChI=1S/C23H30N2O4/c1-17-7-8-21(13-18(17)2)29-16-23(26)24-15-22(25-9-11-28-12-10-25)19-5-4-6-20(14-19)27-3/h4-8,13-14,22H,9-12,15-16H2,1-3H3,(H,24,26). The number of rotatable bonds is 8. The molecule has 1 aliphatic heterocycles. The summed E-state index contributed by atoms with van der Waals surface area (Å²) < 4.78 is 16.5. The second kappa shape index (κ2) is 10.3. The van der Waals surface area contributed by atoms with Gasteiger partial charge in [0, 0.05) is 19.6 Å². The zero-order valence-corrected chi connectivity index (χ0v) is 17.4. The molecule has 0 bridgehead atoms. The van der Waals surface area contributed by atoms with E-state index in [9.17, 15) is 4.79 Å². The number of nitrogens with one attached hydrogen (secondary N) is 1. The maximum Gasteiger partial charge on any atom is 0.258 e. The largest absolute Gasteiger partial charge is 0.497 e. The molecule has 156 valence electrons. The van der Waals surface area contributed by atoms with Crippen molar-refractivity contribution in [3.8, 4) is 11.5 Å². The molecule has 0 radical (unpaired) electrons. The summed E-state index contributed by atoms with van der Waals surface area (Å²) in [7, 11) is 1.66. The van der Waals surface area contributed by atoms with E-state index in [1.165, 1.54) is 5.56 Å². The summed E-state index contributed by atoms with van der Waals surface area (Å²) in [6.45, 7) is 7.64. The van der Waals surface area contributed by atoms with E-state index in [2.05, 4.69) is 23.2 Å². The Balaban J connectivity index is 1.61. The van der Waals surface area contributed by atoms with E-state index < -0.39 is 0 Å². The van der Waals surface area contributed by atoms with Crippen molar-refractivity contribution in [2.75, 3.05) is 46.6 Å². The molecule has 0 spiro atoms. The van der Waals surface area contributed by atoms with Gasteiger partial charge in [0.2, 0.25) is 0 Å². The van der Waals surface area contributed by atoms with Crippen LogP contribution in [0.2, 0.25) is 0 Å². The number of carbonyl (C=O) groups is 1. The Morgan fingerprint density at radius 3 is 2.62 bits per heavy atom. The fourth-order valence-electron chi connectivity index (χ4n) is 3.41. The van der Waals surface area contributed by atoms with E-state index in [-0.39, 0.29) is 18.6 Å². The van der Waals surface area contributed by atoms with Crippen LogP contribution in [0.15, 0.2) is 42.5 Å². The van der Waals surface area contributed by atoms with Crippen LogP contribution in [0.25, 0.3) is 0 Å². The first-order valence-electron chi connectivity index (χ1n) is 9.99. The van der Waals surface area contributed by atoms with Gasteiger partial charge in [0.05, 0.1) is 26.4 Å². The molecule has 6 nitrogen and oxygen atoms in total. The number of hydrogen-bond acceptors (Lipinski definition) is 5. The molecule has 0 saturated carbocycles. The Morgan fingerprint density at radius 2 is 1.90 bits per heavy atom. The number of methoxy groups -OCH3 is 1. The maximum absolute atomic E-state index is 12.4. The minimum absolute atomic E-state index is 0.00353. The lowest BCUT2D eigenvalue weighted by Gasteiger charge is -2.35. The Hall–Kier alpha value is -2.57. The Kier molecular flexibility index (Phi) is 7.49. The number of aryl methyl sites for hydroxylation is 2. The minimum Gasteiger partial charge on any atom is -0.497 e. The Morgan fingerprint density at radius 1 is 1.10 bits per heavy atom. The molecule has 1 N–H and O–H groups in total. The van der Waals surface area contributed by atoms with E-state index in [0.717, 1.165) is 30.0 Å². The number of hydrogen-bond donors (Lipinski definition) is 1. The molecule has 2 aromatic rings. The van der Waals surface area contributed by atoms with Crippen LogP contribution >= 0.6 is 0 Å². The maximum atomic E-state index is 12.4. The van der Waals surface area contributed by atoms with Crippen molar-refractivity contribution in [1.82, 2.24) is 10.2 Å². The van der Waals surface area contributed by atoms with Crippen LogP contribution in [0, 0.1) is 13.8 Å². The number of ether oxygens (including phenoxy) is 3. The van der Waals surface area contributed by atoms with Crippen LogP contribution in [-0.2, 0) is 9.53 Å². The molecule has 1 heterocycles. The summed E-state index contributed by atoms with van der Waals surface area (Å²) in [5.41, 5.74) is 3.46. The van der Waals surface area contributed by atoms with Crippen molar-refractivity contribution in [1.29, 1.82) is 0 Å². The predicted octanol–water partition coefficient (Wildman–Crippen LogP) is 2.88. The highest BCUT2D eigenvalue weighted by atomic mass is 16.5. The van der Waals surface area contributed by atoms with Gasteiger partial charge in [-0.15, -0.1) is 0 Å². The summed E-state index contributed by atoms with van der Waals surface area (Å²) in [5, 5.41) is 3.03. The van der Waals surface area contributed by atoms with Crippen LogP contribution in [0.5, 0.6) is 11.5 Å². The van der Waals surface area contributed by atoms with Gasteiger partial charge >= 0.3 is 0 Å². The zero-order chi connectivity index (χ0) is 20.6. The number of nitrogens with zero attached hydrogens (tertiary/aromatic N) is 1. The molecular weight excluding hydrogens is 368 g/mol. The Bertz CT molecular complexity index is 818. The van der Waals surface area contributed by atoms with Gasteiger partial charge in [-0.2, -0.15) is 0 Å². The number of morpholine rings is 1. The van der Waals surface area contributed by atoms with Crippen molar-refractivity contribution in [3.63, 3.8) is 0 Å². The second-order valence-electron chi connectivity index (χ2n) is 7.28. The van der Waals surface area contributed by atoms with Gasteiger partial charge in [-0.1, -0.05) is 18.2 Å². The lowest BCUT2D eigenvalue weighted by molar-refractivity contribution is -0.123. The van der Waals surface area contributed by atoms with Gasteiger partial charge < -0.3 is 19.5 Å². The van der Waals surface area contributed by atoms with Crippen molar-refractivity contribution < 1.29 is 19.0 Å². The lowest BCUT2D eigenvalue weighted by atomic mass is 10.0. The summed E-state index contributed by atoms with van der Waals surface area (Å²) in [6, 6.07) is 13.9. The molecule has 1 fully saturated rings. The van der Waals surface area contributed by atoms with Crippen molar-refractivity contribution >= 4 is 5.91 Å². The molecule has 1 saturated heterocycles. The van der Waals surface area contributed by atoms with Crippen LogP contribution in [0.1, 0.15) is 22.7 Å². The monoisotopic (exact) mass is 398 g/mol. The Labute approximate surface area is 172 Å². The van der Waals surface area contributed by atoms with Gasteiger partial charge in [0.1, 0.15) is 11.5 Å². The lowest BCUT2D eigenvalue weighted by Crippen LogP contribution is -2.44. The molecule has 1 unspecified atom stereocenters. The SMILES string of the molecule is COc1cccc(C(CNC(=O)COc2ccc(C)c(C)c2)N2CCOCC2)c1. The topological polar surface area (TPSA) is 60.0 Å². The number of benzene rings is 2. The molecule has 29 heavy (non-hydrogen) atoms. The quantitative estimate of drug-likeness (QED) is 0.741. The van der Waals surface area contributed by atoms with E-state index in [1.54, 1.807) is 7.11 Å². The first kappa shape index (κ1) is 21.1. The fourth-order valence-corrected chi connectivity index (χ4v) is 3.41. The zero-order valence-electron chi connectivity index (χ0n) is 17.4. The van der Waals surface area contributed by atoms with Crippen molar-refractivity contribution in [2.45, 2.75) is 19.9 Å². The molecule has 0 aromatic heterocycles. The van der Waals surface area contributed by atoms with E-state index in [0.29, 0.717) is 25.5 Å². The van der Waals surface area contributed by atoms with Crippen molar-refractivity contribution in [2.24, 2.45) is 0 Å². The van der Waals surface area contributed by atoms with Crippen LogP contribution in [0.3, 0.4) is 0 Å². The van der Waals surface area contributed by atoms with Gasteiger partial charge in [-0.25, -0.2) is 0 Å². The van der Waals surface area contributed by atoms with Gasteiger partial charge in [-0.3, -0.25) is 9.69 Å². The summed E-state index contributed by atoms with van der Waals surface area (Å²) in [4.78, 5) is 14.7. The average molecular weight is 399 g/mol. The second-order valence-corrected chi connectivity index (χ2v) is 7.28. The highest BCUT2D eigenvalue weighted by molar-refractivity contribution is 5.77. The van der Waals surface area contributed by atoms with Gasteiger partial charge in [0.15, 0.2) is 6.61 Å². The van der Waals surface area contributed by atoms with E-state index >= 15 is 0 Å². The molecule has 2 aromatic carbocycles. The third-order valence-corrected chi connectivity index (χ3v) is 5.31. The van der Waals surface area contributed by atoms with Crippen LogP contribution < -0.4 is 14.8 Å². The summed E-state index contributed by atoms with van der Waals surface area (Å²) in [5.74, 6) is 1.38. The van der Waals surface area contributed by atoms with Gasteiger partial charge in [-0.05, 0) is 54.8 Å². The van der Waals surface area contributed by atoms with Crippen molar-refractivity contribution in [3.05, 3.63) is 59.2 Å². The first-order chi connectivity index (χ1) is 14.1. The van der Waals surface area contributed by atoms with E-state index in [4.69, 9.17) is 14.2 Å². The molecule has 1 aliphatic rings. The first-order valence-corrected chi connectivity index (χ1v) is 9.99. The van der Waals surface area contributed by atoms with Gasteiger partial charge in [0.25, 0.3) is 5.91 Å². The summed E-state index contributed by atoms with van der Waals surface area (Å²) >= 11 is 0. The van der Waals surface area contributed by atoms with Crippen LogP contribution in [-0.4, -0.2) is 57.4 Å². The molecule has 0 aliphatic carbocycles. The third kappa shape index (κ3) is 5.95. The highest BCUT2D eigenvalue weighted by Gasteiger charge is 2.23. The minimum atomic E-state index is -0.135. The van der Waals surface area contributed by atoms with Crippen LogP contribution in [0.4, 0.5) is 0 Å². The normalized spacial score (nSPS) is 15.6. The molecular formula is C23H30N2O4. The molecule has 6 heteroatoms. The average Bonchev–Trinajstić information content (AvgIpc) is 2.75. The number of amides is 1.